The molecule has 1 N–H and O–H groups in total. The molecule has 0 saturated carbocycles. The summed E-state index contributed by atoms with van der Waals surface area (Å²) in [5.74, 6) is -0.971. The third kappa shape index (κ3) is 5.73. The highest BCUT2D eigenvalue weighted by Crippen LogP contribution is 2.32. The summed E-state index contributed by atoms with van der Waals surface area (Å²) in [7, 11) is 0. The molecular weight excluding hydrogens is 576 g/mol. The monoisotopic (exact) mass is 600 g/mol. The van der Waals surface area contributed by atoms with Gasteiger partial charge in [0, 0.05) is 4.47 Å². The molecule has 0 bridgehead atoms. The number of rotatable bonds is 9. The number of carboxylic acids is 1. The van der Waals surface area contributed by atoms with Crippen LogP contribution in [0.15, 0.2) is 68.0 Å². The van der Waals surface area contributed by atoms with Crippen molar-refractivity contribution in [2.24, 2.45) is 4.99 Å². The molecule has 0 unspecified atom stereocenters. The number of thiazole rings is 1. The number of aromatic nitrogens is 1. The van der Waals surface area contributed by atoms with Gasteiger partial charge >= 0.3 is 11.9 Å². The number of allylic oxidation sites excluding steroid dienone is 1. The lowest BCUT2D eigenvalue weighted by Crippen LogP contribution is -2.39. The fourth-order valence-corrected chi connectivity index (χ4v) is 5.54. The Hall–Kier alpha value is -3.70. The second-order valence-corrected chi connectivity index (χ2v) is 10.1. The molecule has 3 aromatic rings. The van der Waals surface area contributed by atoms with E-state index in [1.54, 1.807) is 45.0 Å². The minimum Gasteiger partial charge on any atom is -0.490 e. The van der Waals surface area contributed by atoms with E-state index >= 15 is 0 Å². The zero-order chi connectivity index (χ0) is 27.4. The molecule has 9 nitrogen and oxygen atoms in total. The second-order valence-electron chi connectivity index (χ2n) is 8.18. The average Bonchev–Trinajstić information content (AvgIpc) is 3.17. The molecule has 4 rings (SSSR count). The van der Waals surface area contributed by atoms with E-state index in [1.807, 2.05) is 24.3 Å². The van der Waals surface area contributed by atoms with E-state index in [4.69, 9.17) is 19.3 Å². The van der Waals surface area contributed by atoms with Gasteiger partial charge in [0.2, 0.25) is 0 Å². The highest BCUT2D eigenvalue weighted by Gasteiger charge is 2.33. The van der Waals surface area contributed by atoms with Crippen molar-refractivity contribution in [2.75, 3.05) is 19.8 Å². The van der Waals surface area contributed by atoms with Gasteiger partial charge in [-0.05, 0) is 62.2 Å². The molecule has 1 aliphatic heterocycles. The van der Waals surface area contributed by atoms with E-state index in [2.05, 4.69) is 20.9 Å². The van der Waals surface area contributed by atoms with Crippen molar-refractivity contribution < 1.29 is 28.9 Å². The number of carbonyl (C=O) groups excluding carboxylic acids is 1. The topological polar surface area (TPSA) is 116 Å². The molecule has 0 saturated heterocycles. The van der Waals surface area contributed by atoms with Gasteiger partial charge in [-0.25, -0.2) is 14.6 Å². The van der Waals surface area contributed by atoms with Gasteiger partial charge in [-0.2, -0.15) is 0 Å². The van der Waals surface area contributed by atoms with Gasteiger partial charge in [0.1, 0.15) is 0 Å². The Labute approximate surface area is 230 Å². The van der Waals surface area contributed by atoms with E-state index in [9.17, 15) is 14.4 Å². The van der Waals surface area contributed by atoms with Crippen LogP contribution in [0, 0.1) is 0 Å². The number of fused-ring (bicyclic) bond motifs is 1. The summed E-state index contributed by atoms with van der Waals surface area (Å²) in [5.41, 5.74) is 1.88. The highest BCUT2D eigenvalue weighted by molar-refractivity contribution is 9.10. The lowest BCUT2D eigenvalue weighted by Gasteiger charge is -2.24. The maximum Gasteiger partial charge on any atom is 0.341 e. The van der Waals surface area contributed by atoms with Gasteiger partial charge in [0.15, 0.2) is 22.9 Å². The second kappa shape index (κ2) is 11.8. The first-order chi connectivity index (χ1) is 18.2. The van der Waals surface area contributed by atoms with Crippen LogP contribution in [0.3, 0.4) is 0 Å². The van der Waals surface area contributed by atoms with Crippen molar-refractivity contribution in [3.63, 3.8) is 0 Å². The van der Waals surface area contributed by atoms with Crippen LogP contribution in [0.4, 0.5) is 0 Å². The van der Waals surface area contributed by atoms with Crippen LogP contribution in [0.2, 0.25) is 0 Å². The third-order valence-electron chi connectivity index (χ3n) is 5.60. The quantitative estimate of drug-likeness (QED) is 0.374. The Bertz CT molecular complexity index is 1610. The normalized spacial score (nSPS) is 15.1. The molecule has 0 amide bonds. The van der Waals surface area contributed by atoms with Crippen LogP contribution >= 0.6 is 27.3 Å². The predicted octanol–water partition coefficient (Wildman–Crippen LogP) is 3.42. The van der Waals surface area contributed by atoms with Gasteiger partial charge < -0.3 is 19.3 Å². The summed E-state index contributed by atoms with van der Waals surface area (Å²) in [6.45, 7) is 5.30. The van der Waals surface area contributed by atoms with Crippen molar-refractivity contribution in [3.8, 4) is 11.5 Å². The number of aliphatic carboxylic acids is 1. The zero-order valence-electron chi connectivity index (χ0n) is 20.9. The molecule has 0 spiro atoms. The third-order valence-corrected chi connectivity index (χ3v) is 7.07. The van der Waals surface area contributed by atoms with Crippen LogP contribution in [-0.4, -0.2) is 41.4 Å². The van der Waals surface area contributed by atoms with E-state index in [1.165, 1.54) is 15.9 Å². The summed E-state index contributed by atoms with van der Waals surface area (Å²) >= 11 is 4.69. The van der Waals surface area contributed by atoms with Crippen LogP contribution in [0.1, 0.15) is 37.9 Å². The molecule has 2 aromatic carbocycles. The maximum atomic E-state index is 13.7. The SMILES string of the molecule is CCOC(=O)C1=C(C)N=c2s/c(=C\c3ccc(OCC(=O)O)c(OCC)c3)c(=O)n2[C@H]1c1cccc(Br)c1. The first-order valence-electron chi connectivity index (χ1n) is 11.8. The minimum absolute atomic E-state index is 0.194. The Morgan fingerprint density at radius 1 is 1.13 bits per heavy atom. The molecule has 0 radical (unpaired) electrons. The molecule has 0 fully saturated rings. The van der Waals surface area contributed by atoms with Crippen molar-refractivity contribution in [1.29, 1.82) is 0 Å². The van der Waals surface area contributed by atoms with Gasteiger partial charge in [0.05, 0.1) is 35.1 Å². The number of benzene rings is 2. The lowest BCUT2D eigenvalue weighted by molar-refractivity contribution is -0.140. The smallest absolute Gasteiger partial charge is 0.341 e. The van der Waals surface area contributed by atoms with Gasteiger partial charge in [-0.1, -0.05) is 45.5 Å². The Kier molecular flexibility index (Phi) is 8.48. The average molecular weight is 601 g/mol. The Morgan fingerprint density at radius 2 is 1.92 bits per heavy atom. The van der Waals surface area contributed by atoms with Gasteiger partial charge in [-0.15, -0.1) is 0 Å². The van der Waals surface area contributed by atoms with E-state index < -0.39 is 24.6 Å². The largest absolute Gasteiger partial charge is 0.490 e. The molecule has 1 aliphatic rings. The zero-order valence-corrected chi connectivity index (χ0v) is 23.3. The number of hydrogen-bond donors (Lipinski definition) is 1. The minimum atomic E-state index is -1.10. The van der Waals surface area contributed by atoms with Crippen molar-refractivity contribution in [2.45, 2.75) is 26.8 Å². The molecule has 1 aromatic heterocycles. The van der Waals surface area contributed by atoms with Crippen LogP contribution in [-0.2, 0) is 14.3 Å². The summed E-state index contributed by atoms with van der Waals surface area (Å²) in [4.78, 5) is 42.7. The summed E-state index contributed by atoms with van der Waals surface area (Å²) in [6.07, 6.45) is 1.70. The summed E-state index contributed by atoms with van der Waals surface area (Å²) < 4.78 is 19.0. The fourth-order valence-electron chi connectivity index (χ4n) is 4.08. The summed E-state index contributed by atoms with van der Waals surface area (Å²) in [5, 5.41) is 8.92. The molecule has 198 valence electrons. The van der Waals surface area contributed by atoms with Crippen molar-refractivity contribution in [1.82, 2.24) is 4.57 Å². The standard InChI is InChI=1S/C27H25BrN2O7S/c1-4-35-20-11-16(9-10-19(20)37-14-22(31)32)12-21-25(33)30-24(17-7-6-8-18(28)13-17)23(26(34)36-5-2)15(3)29-27(30)38-21/h6-13,24H,4-5,14H2,1-3H3,(H,31,32)/b21-12-/t24-/m0/s1. The lowest BCUT2D eigenvalue weighted by atomic mass is 9.96. The van der Waals surface area contributed by atoms with Crippen molar-refractivity contribution >= 4 is 45.3 Å². The molecule has 11 heteroatoms. The molecular formula is C27H25BrN2O7S. The number of carbonyl (C=O) groups is 2. The fraction of sp³-hybridized carbons (Fsp3) is 0.259. The number of esters is 1. The Morgan fingerprint density at radius 3 is 2.61 bits per heavy atom. The number of nitrogens with zero attached hydrogens (tertiary/aromatic N) is 2. The number of ether oxygens (including phenoxy) is 3. The summed E-state index contributed by atoms with van der Waals surface area (Å²) in [6, 6.07) is 11.7. The van der Waals surface area contributed by atoms with E-state index in [-0.39, 0.29) is 17.9 Å². The van der Waals surface area contributed by atoms with Crippen LogP contribution in [0.25, 0.3) is 6.08 Å². The highest BCUT2D eigenvalue weighted by atomic mass is 79.9. The molecule has 38 heavy (non-hydrogen) atoms. The van der Waals surface area contributed by atoms with Crippen molar-refractivity contribution in [3.05, 3.63) is 89.0 Å². The predicted molar refractivity (Wildman–Crippen MR) is 145 cm³/mol. The van der Waals surface area contributed by atoms with E-state index in [0.717, 1.165) is 10.0 Å². The Balaban J connectivity index is 1.86. The first kappa shape index (κ1) is 27.3. The molecule has 2 heterocycles. The van der Waals surface area contributed by atoms with E-state index in [0.29, 0.717) is 38.5 Å². The van der Waals surface area contributed by atoms with Crippen LogP contribution < -0.4 is 24.4 Å². The molecule has 0 aliphatic carbocycles. The number of halogens is 1. The molecule has 1 atom stereocenters. The van der Waals surface area contributed by atoms with Gasteiger partial charge in [-0.3, -0.25) is 9.36 Å². The van der Waals surface area contributed by atoms with Crippen LogP contribution in [0.5, 0.6) is 11.5 Å². The first-order valence-corrected chi connectivity index (χ1v) is 13.4. The van der Waals surface area contributed by atoms with Gasteiger partial charge in [0.25, 0.3) is 5.56 Å². The maximum absolute atomic E-state index is 13.7. The number of carboxylic acid groups (broad SMARTS) is 1. The number of hydrogen-bond acceptors (Lipinski definition) is 8.